The van der Waals surface area contributed by atoms with Crippen molar-refractivity contribution in [2.24, 2.45) is 0 Å². The fourth-order valence-corrected chi connectivity index (χ4v) is 1.06. The maximum Gasteiger partial charge on any atom is 0.330 e. The van der Waals surface area contributed by atoms with E-state index in [0.29, 0.717) is 19.3 Å². The summed E-state index contributed by atoms with van der Waals surface area (Å²) < 4.78 is 10.1. The Bertz CT molecular complexity index is 183. The minimum atomic E-state index is -0.292. The van der Waals surface area contributed by atoms with Crippen molar-refractivity contribution in [3.05, 3.63) is 12.2 Å². The quantitative estimate of drug-likeness (QED) is 0.481. The van der Waals surface area contributed by atoms with Gasteiger partial charge in [-0.1, -0.05) is 6.08 Å². The van der Waals surface area contributed by atoms with Gasteiger partial charge in [-0.05, 0) is 26.2 Å². The average Bonchev–Trinajstić information content (AvgIpc) is 2.01. The lowest BCUT2D eigenvalue weighted by molar-refractivity contribution is -0.137. The summed E-state index contributed by atoms with van der Waals surface area (Å²) in [5.41, 5.74) is 0. The number of ether oxygens (including phenoxy) is 2. The molecule has 0 heterocycles. The first-order valence-corrected chi connectivity index (χ1v) is 4.78. The van der Waals surface area contributed by atoms with Crippen LogP contribution in [-0.4, -0.2) is 25.3 Å². The predicted molar refractivity (Wildman–Crippen MR) is 49.4 cm³/mol. The van der Waals surface area contributed by atoms with E-state index in [0.717, 1.165) is 12.8 Å². The van der Waals surface area contributed by atoms with Crippen molar-refractivity contribution in [2.45, 2.75) is 32.3 Å². The number of hydrogen-bond donors (Lipinski definition) is 0. The second-order valence-corrected chi connectivity index (χ2v) is 3.04. The first-order chi connectivity index (χ1) is 6.33. The van der Waals surface area contributed by atoms with Crippen molar-refractivity contribution in [1.29, 1.82) is 0 Å². The van der Waals surface area contributed by atoms with Crippen molar-refractivity contribution in [3.63, 3.8) is 0 Å². The normalized spacial score (nSPS) is 17.3. The summed E-state index contributed by atoms with van der Waals surface area (Å²) in [6.07, 6.45) is 7.14. The molecule has 0 aromatic carbocycles. The standard InChI is InChI=1S/C10H16O3/c1-2-12-10(11)7-4-8-13-9-5-3-6-9/h4,7,9H,2-3,5-6,8H2,1H3/b7-4+. The Morgan fingerprint density at radius 2 is 2.31 bits per heavy atom. The summed E-state index contributed by atoms with van der Waals surface area (Å²) in [7, 11) is 0. The molecule has 0 aliphatic heterocycles. The van der Waals surface area contributed by atoms with Crippen LogP contribution in [0.25, 0.3) is 0 Å². The molecule has 74 valence electrons. The molecule has 0 spiro atoms. The lowest BCUT2D eigenvalue weighted by atomic mass is 9.96. The van der Waals surface area contributed by atoms with Crippen molar-refractivity contribution < 1.29 is 14.3 Å². The fourth-order valence-electron chi connectivity index (χ4n) is 1.06. The van der Waals surface area contributed by atoms with E-state index in [1.165, 1.54) is 12.5 Å². The Morgan fingerprint density at radius 3 is 2.85 bits per heavy atom. The summed E-state index contributed by atoms with van der Waals surface area (Å²) in [5.74, 6) is -0.292. The van der Waals surface area contributed by atoms with Gasteiger partial charge in [0.1, 0.15) is 0 Å². The van der Waals surface area contributed by atoms with E-state index >= 15 is 0 Å². The van der Waals surface area contributed by atoms with Crippen LogP contribution >= 0.6 is 0 Å². The van der Waals surface area contributed by atoms with Crippen molar-refractivity contribution in [1.82, 2.24) is 0 Å². The molecule has 0 amide bonds. The number of carbonyl (C=O) groups is 1. The largest absolute Gasteiger partial charge is 0.463 e. The third-order valence-electron chi connectivity index (χ3n) is 2.02. The van der Waals surface area contributed by atoms with Crippen molar-refractivity contribution in [2.75, 3.05) is 13.2 Å². The van der Waals surface area contributed by atoms with Crippen LogP contribution in [0.2, 0.25) is 0 Å². The zero-order valence-electron chi connectivity index (χ0n) is 7.99. The zero-order chi connectivity index (χ0) is 9.52. The summed E-state index contributed by atoms with van der Waals surface area (Å²) in [4.78, 5) is 10.8. The molecule has 0 N–H and O–H groups in total. The fraction of sp³-hybridized carbons (Fsp3) is 0.700. The van der Waals surface area contributed by atoms with Gasteiger partial charge in [0, 0.05) is 6.08 Å². The van der Waals surface area contributed by atoms with Crippen LogP contribution in [0.1, 0.15) is 26.2 Å². The molecule has 1 aliphatic carbocycles. The monoisotopic (exact) mass is 184 g/mol. The number of carbonyl (C=O) groups excluding carboxylic acids is 1. The highest BCUT2D eigenvalue weighted by Crippen LogP contribution is 2.21. The molecule has 1 saturated carbocycles. The molecule has 1 fully saturated rings. The number of rotatable bonds is 5. The second kappa shape index (κ2) is 5.75. The molecule has 0 radical (unpaired) electrons. The van der Waals surface area contributed by atoms with E-state index < -0.39 is 0 Å². The second-order valence-electron chi connectivity index (χ2n) is 3.04. The number of hydrogen-bond acceptors (Lipinski definition) is 3. The third kappa shape index (κ3) is 4.08. The van der Waals surface area contributed by atoms with Gasteiger partial charge in [-0.15, -0.1) is 0 Å². The highest BCUT2D eigenvalue weighted by Gasteiger charge is 2.16. The van der Waals surface area contributed by atoms with E-state index in [1.54, 1.807) is 13.0 Å². The molecule has 0 aromatic heterocycles. The van der Waals surface area contributed by atoms with Gasteiger partial charge < -0.3 is 9.47 Å². The van der Waals surface area contributed by atoms with Crippen LogP contribution < -0.4 is 0 Å². The van der Waals surface area contributed by atoms with Gasteiger partial charge >= 0.3 is 5.97 Å². The van der Waals surface area contributed by atoms with E-state index in [1.807, 2.05) is 0 Å². The Morgan fingerprint density at radius 1 is 1.54 bits per heavy atom. The zero-order valence-corrected chi connectivity index (χ0v) is 7.99. The van der Waals surface area contributed by atoms with Gasteiger partial charge in [-0.3, -0.25) is 0 Å². The summed E-state index contributed by atoms with van der Waals surface area (Å²) in [6, 6.07) is 0. The topological polar surface area (TPSA) is 35.5 Å². The lowest BCUT2D eigenvalue weighted by Crippen LogP contribution is -2.21. The maximum absolute atomic E-state index is 10.8. The first-order valence-electron chi connectivity index (χ1n) is 4.78. The van der Waals surface area contributed by atoms with Gasteiger partial charge in [0.05, 0.1) is 19.3 Å². The number of esters is 1. The Labute approximate surface area is 78.7 Å². The minimum absolute atomic E-state index is 0.292. The van der Waals surface area contributed by atoms with Gasteiger partial charge in [0.2, 0.25) is 0 Å². The van der Waals surface area contributed by atoms with E-state index in [-0.39, 0.29) is 5.97 Å². The molecule has 1 rings (SSSR count). The molecular weight excluding hydrogens is 168 g/mol. The maximum atomic E-state index is 10.8. The lowest BCUT2D eigenvalue weighted by Gasteiger charge is -2.24. The van der Waals surface area contributed by atoms with E-state index in [4.69, 9.17) is 9.47 Å². The van der Waals surface area contributed by atoms with Gasteiger partial charge in [0.15, 0.2) is 0 Å². The molecule has 0 saturated heterocycles. The minimum Gasteiger partial charge on any atom is -0.463 e. The van der Waals surface area contributed by atoms with Gasteiger partial charge in [-0.2, -0.15) is 0 Å². The van der Waals surface area contributed by atoms with Crippen LogP contribution in [0.3, 0.4) is 0 Å². The SMILES string of the molecule is CCOC(=O)/C=C/COC1CCC1. The Kier molecular flexibility index (Phi) is 4.54. The molecule has 0 unspecified atom stereocenters. The van der Waals surface area contributed by atoms with E-state index in [2.05, 4.69) is 0 Å². The highest BCUT2D eigenvalue weighted by molar-refractivity contribution is 5.81. The predicted octanol–water partition coefficient (Wildman–Crippen LogP) is 1.67. The molecular formula is C10H16O3. The Balaban J connectivity index is 1.99. The molecule has 13 heavy (non-hydrogen) atoms. The van der Waals surface area contributed by atoms with Crippen LogP contribution in [-0.2, 0) is 14.3 Å². The van der Waals surface area contributed by atoms with Crippen LogP contribution in [0, 0.1) is 0 Å². The smallest absolute Gasteiger partial charge is 0.330 e. The van der Waals surface area contributed by atoms with Crippen molar-refractivity contribution in [3.8, 4) is 0 Å². The molecule has 0 atom stereocenters. The van der Waals surface area contributed by atoms with E-state index in [9.17, 15) is 4.79 Å². The van der Waals surface area contributed by atoms with Crippen molar-refractivity contribution >= 4 is 5.97 Å². The highest BCUT2D eigenvalue weighted by atomic mass is 16.5. The first kappa shape index (κ1) is 10.3. The summed E-state index contributed by atoms with van der Waals surface area (Å²) in [6.45, 7) is 2.73. The molecule has 3 nitrogen and oxygen atoms in total. The van der Waals surface area contributed by atoms with Crippen LogP contribution in [0.15, 0.2) is 12.2 Å². The summed E-state index contributed by atoms with van der Waals surface area (Å²) >= 11 is 0. The van der Waals surface area contributed by atoms with Crippen LogP contribution in [0.4, 0.5) is 0 Å². The summed E-state index contributed by atoms with van der Waals surface area (Å²) in [5, 5.41) is 0. The molecule has 0 aromatic rings. The third-order valence-corrected chi connectivity index (χ3v) is 2.02. The molecule has 1 aliphatic rings. The van der Waals surface area contributed by atoms with Gasteiger partial charge in [0.25, 0.3) is 0 Å². The average molecular weight is 184 g/mol. The Hall–Kier alpha value is -0.830. The molecule has 0 bridgehead atoms. The van der Waals surface area contributed by atoms with Gasteiger partial charge in [-0.25, -0.2) is 4.79 Å². The molecule has 3 heteroatoms. The van der Waals surface area contributed by atoms with Crippen LogP contribution in [0.5, 0.6) is 0 Å².